The Morgan fingerprint density at radius 3 is 3.00 bits per heavy atom. The number of phenols is 1. The standard InChI is InChI=1S/C8H6FNO2/c9-5-2-6-4(1-7(5)11)8(12)3-10-6/h1-2,10-11H,3H2. The Morgan fingerprint density at radius 2 is 2.25 bits per heavy atom. The van der Waals surface area contributed by atoms with Crippen LogP contribution in [0.25, 0.3) is 0 Å². The van der Waals surface area contributed by atoms with E-state index in [-0.39, 0.29) is 12.3 Å². The van der Waals surface area contributed by atoms with E-state index in [0.29, 0.717) is 11.3 Å². The van der Waals surface area contributed by atoms with E-state index in [9.17, 15) is 9.18 Å². The Bertz CT molecular complexity index is 362. The molecule has 0 saturated carbocycles. The Kier molecular flexibility index (Phi) is 1.30. The maximum Gasteiger partial charge on any atom is 0.184 e. The summed E-state index contributed by atoms with van der Waals surface area (Å²) in [7, 11) is 0. The molecule has 2 rings (SSSR count). The number of hydrogen-bond acceptors (Lipinski definition) is 3. The van der Waals surface area contributed by atoms with Crippen molar-refractivity contribution in [2.45, 2.75) is 0 Å². The molecule has 0 bridgehead atoms. The smallest absolute Gasteiger partial charge is 0.184 e. The molecule has 1 aromatic carbocycles. The molecule has 1 aliphatic rings. The van der Waals surface area contributed by atoms with Crippen LogP contribution < -0.4 is 5.32 Å². The van der Waals surface area contributed by atoms with Gasteiger partial charge < -0.3 is 10.4 Å². The van der Waals surface area contributed by atoms with Gasteiger partial charge in [0.25, 0.3) is 0 Å². The van der Waals surface area contributed by atoms with Crippen molar-refractivity contribution in [1.82, 2.24) is 0 Å². The zero-order valence-corrected chi connectivity index (χ0v) is 6.10. The van der Waals surface area contributed by atoms with Gasteiger partial charge in [0.2, 0.25) is 0 Å². The van der Waals surface area contributed by atoms with E-state index in [1.165, 1.54) is 0 Å². The molecule has 0 aromatic heterocycles. The molecule has 0 atom stereocenters. The van der Waals surface area contributed by atoms with Crippen LogP contribution in [0.5, 0.6) is 5.75 Å². The van der Waals surface area contributed by atoms with Gasteiger partial charge in [-0.2, -0.15) is 0 Å². The maximum atomic E-state index is 12.7. The lowest BCUT2D eigenvalue weighted by molar-refractivity contribution is 0.101. The number of ketones is 1. The van der Waals surface area contributed by atoms with Gasteiger partial charge in [-0.1, -0.05) is 0 Å². The van der Waals surface area contributed by atoms with Crippen LogP contribution >= 0.6 is 0 Å². The predicted molar refractivity (Wildman–Crippen MR) is 40.9 cm³/mol. The second kappa shape index (κ2) is 2.20. The first-order chi connectivity index (χ1) is 5.68. The molecule has 0 unspecified atom stereocenters. The monoisotopic (exact) mass is 167 g/mol. The summed E-state index contributed by atoms with van der Waals surface area (Å²) in [6, 6.07) is 2.27. The van der Waals surface area contributed by atoms with Gasteiger partial charge >= 0.3 is 0 Å². The minimum absolute atomic E-state index is 0.125. The summed E-state index contributed by atoms with van der Waals surface area (Å²) < 4.78 is 12.7. The molecule has 1 aromatic rings. The maximum absolute atomic E-state index is 12.7. The third-order valence-electron chi connectivity index (χ3n) is 1.83. The number of halogens is 1. The van der Waals surface area contributed by atoms with Gasteiger partial charge in [0.15, 0.2) is 17.3 Å². The Balaban J connectivity index is 2.63. The molecule has 0 amide bonds. The molecular weight excluding hydrogens is 161 g/mol. The van der Waals surface area contributed by atoms with Crippen LogP contribution in [0.2, 0.25) is 0 Å². The number of hydrogen-bond donors (Lipinski definition) is 2. The largest absolute Gasteiger partial charge is 0.505 e. The molecular formula is C8H6FNO2. The summed E-state index contributed by atoms with van der Waals surface area (Å²) in [6.45, 7) is 0.179. The van der Waals surface area contributed by atoms with Gasteiger partial charge in [0, 0.05) is 17.3 Å². The van der Waals surface area contributed by atoms with Crippen LogP contribution in [0, 0.1) is 5.82 Å². The first kappa shape index (κ1) is 7.09. The highest BCUT2D eigenvalue weighted by molar-refractivity contribution is 6.08. The first-order valence-electron chi connectivity index (χ1n) is 3.48. The fraction of sp³-hybridized carbons (Fsp3) is 0.125. The number of fused-ring (bicyclic) bond motifs is 1. The van der Waals surface area contributed by atoms with Crippen LogP contribution in [0.4, 0.5) is 10.1 Å². The quantitative estimate of drug-likeness (QED) is 0.569. The van der Waals surface area contributed by atoms with E-state index < -0.39 is 11.6 Å². The zero-order valence-electron chi connectivity index (χ0n) is 6.10. The number of carbonyl (C=O) groups is 1. The van der Waals surface area contributed by atoms with Crippen LogP contribution in [0.15, 0.2) is 12.1 Å². The summed E-state index contributed by atoms with van der Waals surface area (Å²) >= 11 is 0. The third-order valence-corrected chi connectivity index (χ3v) is 1.83. The lowest BCUT2D eigenvalue weighted by atomic mass is 10.1. The van der Waals surface area contributed by atoms with Gasteiger partial charge in [-0.15, -0.1) is 0 Å². The summed E-state index contributed by atoms with van der Waals surface area (Å²) in [6.07, 6.45) is 0. The average molecular weight is 167 g/mol. The molecule has 0 fully saturated rings. The third kappa shape index (κ3) is 0.845. The number of aromatic hydroxyl groups is 1. The van der Waals surface area contributed by atoms with Crippen molar-refractivity contribution >= 4 is 11.5 Å². The van der Waals surface area contributed by atoms with Crippen LogP contribution in [0.1, 0.15) is 10.4 Å². The number of anilines is 1. The molecule has 12 heavy (non-hydrogen) atoms. The van der Waals surface area contributed by atoms with Gasteiger partial charge in [0.05, 0.1) is 6.54 Å². The van der Waals surface area contributed by atoms with Gasteiger partial charge in [0.1, 0.15) is 0 Å². The topological polar surface area (TPSA) is 49.3 Å². The minimum atomic E-state index is -0.712. The zero-order chi connectivity index (χ0) is 8.72. The Hall–Kier alpha value is -1.58. The Morgan fingerprint density at radius 1 is 1.50 bits per heavy atom. The summed E-state index contributed by atoms with van der Waals surface area (Å²) in [5.41, 5.74) is 0.809. The van der Waals surface area contributed by atoms with E-state index in [0.717, 1.165) is 12.1 Å². The summed E-state index contributed by atoms with van der Waals surface area (Å²) in [4.78, 5) is 11.0. The van der Waals surface area contributed by atoms with Crippen molar-refractivity contribution in [2.75, 3.05) is 11.9 Å². The number of rotatable bonds is 0. The summed E-state index contributed by atoms with van der Waals surface area (Å²) in [5, 5.41) is 11.7. The number of benzene rings is 1. The highest BCUT2D eigenvalue weighted by atomic mass is 19.1. The van der Waals surface area contributed by atoms with Crippen molar-refractivity contribution in [1.29, 1.82) is 0 Å². The molecule has 2 N–H and O–H groups in total. The van der Waals surface area contributed by atoms with Crippen LogP contribution in [0.3, 0.4) is 0 Å². The molecule has 62 valence electrons. The first-order valence-corrected chi connectivity index (χ1v) is 3.48. The lowest BCUT2D eigenvalue weighted by Gasteiger charge is -1.99. The van der Waals surface area contributed by atoms with Crippen LogP contribution in [-0.2, 0) is 0 Å². The summed E-state index contributed by atoms with van der Waals surface area (Å²) in [5.74, 6) is -1.32. The molecule has 0 spiro atoms. The fourth-order valence-electron chi connectivity index (χ4n) is 1.21. The normalized spacial score (nSPS) is 14.2. The van der Waals surface area contributed by atoms with Gasteiger partial charge in [-0.05, 0) is 6.07 Å². The second-order valence-electron chi connectivity index (χ2n) is 2.63. The number of phenolic OH excluding ortho intramolecular Hbond substituents is 1. The van der Waals surface area contributed by atoms with E-state index in [4.69, 9.17) is 5.11 Å². The van der Waals surface area contributed by atoms with Crippen LogP contribution in [-0.4, -0.2) is 17.4 Å². The van der Waals surface area contributed by atoms with Crippen molar-refractivity contribution in [3.63, 3.8) is 0 Å². The minimum Gasteiger partial charge on any atom is -0.505 e. The predicted octanol–water partition coefficient (Wildman–Crippen LogP) is 1.14. The van der Waals surface area contributed by atoms with Crippen molar-refractivity contribution in [2.24, 2.45) is 0 Å². The molecule has 1 heterocycles. The van der Waals surface area contributed by atoms with E-state index in [1.54, 1.807) is 0 Å². The van der Waals surface area contributed by atoms with E-state index in [1.807, 2.05) is 0 Å². The molecule has 1 aliphatic heterocycles. The molecule has 0 radical (unpaired) electrons. The Labute approximate surface area is 67.8 Å². The van der Waals surface area contributed by atoms with Crippen molar-refractivity contribution in [3.8, 4) is 5.75 Å². The average Bonchev–Trinajstić information content (AvgIpc) is 2.35. The highest BCUT2D eigenvalue weighted by Gasteiger charge is 2.20. The number of carbonyl (C=O) groups excluding carboxylic acids is 1. The van der Waals surface area contributed by atoms with Crippen molar-refractivity contribution < 1.29 is 14.3 Å². The number of Topliss-reactive ketones (excluding diaryl/α,β-unsaturated/α-hetero) is 1. The molecule has 3 nitrogen and oxygen atoms in total. The van der Waals surface area contributed by atoms with Gasteiger partial charge in [-0.3, -0.25) is 4.79 Å². The van der Waals surface area contributed by atoms with Crippen molar-refractivity contribution in [3.05, 3.63) is 23.5 Å². The van der Waals surface area contributed by atoms with E-state index in [2.05, 4.69) is 5.32 Å². The SMILES string of the molecule is O=C1CNc2cc(F)c(O)cc21. The van der Waals surface area contributed by atoms with E-state index >= 15 is 0 Å². The van der Waals surface area contributed by atoms with Gasteiger partial charge in [-0.25, -0.2) is 4.39 Å². The molecule has 0 aliphatic carbocycles. The second-order valence-corrected chi connectivity index (χ2v) is 2.63. The number of nitrogens with one attached hydrogen (secondary N) is 1. The fourth-order valence-corrected chi connectivity index (χ4v) is 1.21. The molecule has 0 saturated heterocycles. The highest BCUT2D eigenvalue weighted by Crippen LogP contribution is 2.28. The molecule has 4 heteroatoms. The lowest BCUT2D eigenvalue weighted by Crippen LogP contribution is -2.00.